The lowest BCUT2D eigenvalue weighted by Crippen LogP contribution is -2.52. The van der Waals surface area contributed by atoms with Crippen molar-refractivity contribution in [2.45, 2.75) is 77.5 Å². The van der Waals surface area contributed by atoms with Crippen LogP contribution in [0.25, 0.3) is 11.0 Å². The average Bonchev–Trinajstić information content (AvgIpc) is 3.34. The van der Waals surface area contributed by atoms with E-state index in [1.54, 1.807) is 0 Å². The van der Waals surface area contributed by atoms with Crippen molar-refractivity contribution in [3.8, 4) is 0 Å². The minimum Gasteiger partial charge on any atom is -0.337 e. The number of fused-ring (bicyclic) bond motifs is 4. The van der Waals surface area contributed by atoms with Gasteiger partial charge in [-0.25, -0.2) is 4.68 Å². The number of hydrogen-bond donors (Lipinski definition) is 0. The molecule has 8 heteroatoms. The topological polar surface area (TPSA) is 74.6 Å². The molecule has 2 atom stereocenters. The first kappa shape index (κ1) is 25.4. The first-order valence-electron chi connectivity index (χ1n) is 13.8. The highest BCUT2D eigenvalue weighted by atomic mass is 16.2. The quantitative estimate of drug-likeness (QED) is 0.522. The summed E-state index contributed by atoms with van der Waals surface area (Å²) in [7, 11) is 0. The summed E-state index contributed by atoms with van der Waals surface area (Å²) in [6, 6.07) is 16.7. The van der Waals surface area contributed by atoms with Gasteiger partial charge in [0, 0.05) is 50.2 Å². The van der Waals surface area contributed by atoms with Crippen LogP contribution in [0.3, 0.4) is 0 Å². The molecule has 3 heterocycles. The lowest BCUT2D eigenvalue weighted by molar-refractivity contribution is -0.133. The summed E-state index contributed by atoms with van der Waals surface area (Å²) >= 11 is 0. The molecule has 8 nitrogen and oxygen atoms in total. The molecule has 2 unspecified atom stereocenters. The smallest absolute Gasteiger partial charge is 0.226 e. The minimum absolute atomic E-state index is 0.111. The van der Waals surface area contributed by atoms with E-state index in [2.05, 4.69) is 28.2 Å². The number of carbonyl (C=O) groups is 2. The number of likely N-dealkylation sites (N-methyl/N-ethyl adjacent to an activating group) is 1. The maximum atomic E-state index is 13.8. The van der Waals surface area contributed by atoms with Crippen molar-refractivity contribution < 1.29 is 9.59 Å². The fraction of sp³-hybridized carbons (Fsp3) is 0.517. The van der Waals surface area contributed by atoms with Gasteiger partial charge in [0.2, 0.25) is 11.8 Å². The Labute approximate surface area is 219 Å². The Hall–Kier alpha value is -3.26. The molecule has 2 amide bonds. The summed E-state index contributed by atoms with van der Waals surface area (Å²) in [5.74, 6) is 0.248. The molecule has 3 aromatic rings. The predicted octanol–water partition coefficient (Wildman–Crippen LogP) is 4.24. The van der Waals surface area contributed by atoms with Gasteiger partial charge in [0.25, 0.3) is 0 Å². The van der Waals surface area contributed by atoms with Crippen LogP contribution in [0.5, 0.6) is 0 Å². The number of anilines is 1. The third-order valence-corrected chi connectivity index (χ3v) is 8.05. The number of aryl methyl sites for hydroxylation is 1. The van der Waals surface area contributed by atoms with Crippen LogP contribution >= 0.6 is 0 Å². The maximum absolute atomic E-state index is 13.8. The van der Waals surface area contributed by atoms with Gasteiger partial charge in [0.05, 0.1) is 12.1 Å². The molecule has 0 saturated carbocycles. The number of hydrogen-bond acceptors (Lipinski definition) is 5. The largest absolute Gasteiger partial charge is 0.337 e. The van der Waals surface area contributed by atoms with Crippen molar-refractivity contribution in [1.82, 2.24) is 24.8 Å². The van der Waals surface area contributed by atoms with Gasteiger partial charge in [-0.15, -0.1) is 5.10 Å². The first-order chi connectivity index (χ1) is 18.1. The van der Waals surface area contributed by atoms with E-state index in [1.165, 1.54) is 0 Å². The van der Waals surface area contributed by atoms with Crippen molar-refractivity contribution >= 4 is 28.5 Å². The van der Waals surface area contributed by atoms with Gasteiger partial charge in [-0.1, -0.05) is 55.8 Å². The Kier molecular flexibility index (Phi) is 7.84. The molecule has 2 aromatic carbocycles. The molecular weight excluding hydrogens is 464 g/mol. The van der Waals surface area contributed by atoms with Crippen molar-refractivity contribution in [3.63, 3.8) is 0 Å². The second kappa shape index (κ2) is 11.4. The highest BCUT2D eigenvalue weighted by Crippen LogP contribution is 2.30. The van der Waals surface area contributed by atoms with Gasteiger partial charge in [-0.05, 0) is 49.6 Å². The molecule has 37 heavy (non-hydrogen) atoms. The number of carbonyl (C=O) groups excluding carboxylic acids is 2. The molecule has 0 spiro atoms. The van der Waals surface area contributed by atoms with Crippen LogP contribution in [0.15, 0.2) is 48.5 Å². The van der Waals surface area contributed by atoms with E-state index < -0.39 is 0 Å². The van der Waals surface area contributed by atoms with Crippen molar-refractivity contribution in [2.24, 2.45) is 0 Å². The van der Waals surface area contributed by atoms with Gasteiger partial charge >= 0.3 is 0 Å². The molecule has 0 radical (unpaired) electrons. The number of piperidine rings is 1. The molecule has 2 bridgehead atoms. The van der Waals surface area contributed by atoms with Gasteiger partial charge in [-0.2, -0.15) is 0 Å². The Balaban J connectivity index is 1.45. The van der Waals surface area contributed by atoms with Crippen molar-refractivity contribution in [2.75, 3.05) is 24.5 Å². The zero-order valence-electron chi connectivity index (χ0n) is 22.1. The van der Waals surface area contributed by atoms with E-state index in [-0.39, 0.29) is 11.8 Å². The van der Waals surface area contributed by atoms with E-state index >= 15 is 0 Å². The molecule has 5 rings (SSSR count). The van der Waals surface area contributed by atoms with E-state index in [0.717, 1.165) is 54.5 Å². The Morgan fingerprint density at radius 2 is 1.73 bits per heavy atom. The normalized spacial score (nSPS) is 20.9. The Bertz CT molecular complexity index is 1240. The zero-order chi connectivity index (χ0) is 25.8. The summed E-state index contributed by atoms with van der Waals surface area (Å²) in [6.45, 7) is 7.51. The molecule has 1 saturated heterocycles. The van der Waals surface area contributed by atoms with Crippen molar-refractivity contribution in [3.05, 3.63) is 54.1 Å². The van der Waals surface area contributed by atoms with Crippen molar-refractivity contribution in [1.29, 1.82) is 0 Å². The molecule has 2 aliphatic rings. The molecule has 2 aliphatic heterocycles. The van der Waals surface area contributed by atoms with Crippen LogP contribution in [-0.2, 0) is 22.7 Å². The molecule has 1 aromatic heterocycles. The predicted molar refractivity (Wildman–Crippen MR) is 145 cm³/mol. The van der Waals surface area contributed by atoms with Gasteiger partial charge in [0.15, 0.2) is 0 Å². The second-order valence-corrected chi connectivity index (χ2v) is 10.2. The van der Waals surface area contributed by atoms with Gasteiger partial charge in [0.1, 0.15) is 5.52 Å². The summed E-state index contributed by atoms with van der Waals surface area (Å²) < 4.78 is 1.82. The number of amides is 2. The third-order valence-electron chi connectivity index (χ3n) is 8.05. The summed E-state index contributed by atoms with van der Waals surface area (Å²) in [5, 5.41) is 8.52. The van der Waals surface area contributed by atoms with E-state index in [0.29, 0.717) is 51.1 Å². The lowest BCUT2D eigenvalue weighted by atomic mass is 9.93. The molecule has 196 valence electrons. The van der Waals surface area contributed by atoms with Crippen LogP contribution in [0.2, 0.25) is 0 Å². The Morgan fingerprint density at radius 1 is 0.946 bits per heavy atom. The molecular formula is C29H38N6O2. The minimum atomic E-state index is 0.111. The zero-order valence-corrected chi connectivity index (χ0v) is 22.1. The highest BCUT2D eigenvalue weighted by Gasteiger charge is 2.33. The van der Waals surface area contributed by atoms with Crippen LogP contribution in [0, 0.1) is 0 Å². The Morgan fingerprint density at radius 3 is 2.57 bits per heavy atom. The highest BCUT2D eigenvalue weighted by molar-refractivity contribution is 5.94. The maximum Gasteiger partial charge on any atom is 0.226 e. The molecule has 0 N–H and O–H groups in total. The standard InChI is InChI=1S/C29H38N6O2/c1-3-28(36)34-18-16-23-11-9-12-24(33(23)4-2)21-32(20-22-10-5-7-14-26(22)34)29(37)17-19-35-27-15-8-6-13-25(27)30-31-35/h5-8,10,13-15,23-24H,3-4,9,11-12,16-21H2,1-2H3. The lowest BCUT2D eigenvalue weighted by Gasteiger charge is -2.43. The SMILES string of the molecule is CCC(=O)N1CCC2CCCC(CN(C(=O)CCn3nnc4ccccc43)Cc3ccccc31)N2CC. The van der Waals surface area contributed by atoms with E-state index in [9.17, 15) is 9.59 Å². The number of benzene rings is 2. The number of para-hydroxylation sites is 2. The number of nitrogens with zero attached hydrogens (tertiary/aromatic N) is 6. The van der Waals surface area contributed by atoms with Gasteiger partial charge in [-0.3, -0.25) is 14.5 Å². The third kappa shape index (κ3) is 5.39. The first-order valence-corrected chi connectivity index (χ1v) is 13.8. The summed E-state index contributed by atoms with van der Waals surface area (Å²) in [4.78, 5) is 33.4. The second-order valence-electron chi connectivity index (χ2n) is 10.2. The van der Waals surface area contributed by atoms with Gasteiger partial charge < -0.3 is 9.80 Å². The van der Waals surface area contributed by atoms with Crippen LogP contribution in [0.4, 0.5) is 5.69 Å². The van der Waals surface area contributed by atoms with E-state index in [1.807, 2.05) is 63.9 Å². The monoisotopic (exact) mass is 502 g/mol. The van der Waals surface area contributed by atoms with Crippen LogP contribution < -0.4 is 4.90 Å². The average molecular weight is 503 g/mol. The van der Waals surface area contributed by atoms with Crippen LogP contribution in [0.1, 0.15) is 57.9 Å². The summed E-state index contributed by atoms with van der Waals surface area (Å²) in [6.07, 6.45) is 5.18. The number of rotatable bonds is 5. The summed E-state index contributed by atoms with van der Waals surface area (Å²) in [5.41, 5.74) is 3.75. The molecule has 0 aliphatic carbocycles. The fourth-order valence-corrected chi connectivity index (χ4v) is 6.15. The van der Waals surface area contributed by atoms with Crippen LogP contribution in [-0.4, -0.2) is 68.3 Å². The van der Waals surface area contributed by atoms with E-state index in [4.69, 9.17) is 0 Å². The number of aromatic nitrogens is 3. The fourth-order valence-electron chi connectivity index (χ4n) is 6.15. The molecule has 1 fully saturated rings.